The molecular formula is C25H33FN2O. The lowest BCUT2D eigenvalue weighted by atomic mass is 9.74. The van der Waals surface area contributed by atoms with E-state index < -0.39 is 0 Å². The van der Waals surface area contributed by atoms with Gasteiger partial charge in [0.15, 0.2) is 0 Å². The predicted octanol–water partition coefficient (Wildman–Crippen LogP) is 5.83. The summed E-state index contributed by atoms with van der Waals surface area (Å²) in [5, 5.41) is 4.14. The summed E-state index contributed by atoms with van der Waals surface area (Å²) in [6, 6.07) is 6.97. The Morgan fingerprint density at radius 1 is 1.03 bits per heavy atom. The van der Waals surface area contributed by atoms with Crippen molar-refractivity contribution in [1.82, 2.24) is 10.3 Å². The van der Waals surface area contributed by atoms with E-state index in [4.69, 9.17) is 0 Å². The zero-order valence-corrected chi connectivity index (χ0v) is 18.3. The van der Waals surface area contributed by atoms with Crippen molar-refractivity contribution in [2.75, 3.05) is 0 Å². The van der Waals surface area contributed by atoms with Gasteiger partial charge in [-0.25, -0.2) is 4.39 Å². The van der Waals surface area contributed by atoms with Crippen molar-refractivity contribution in [2.24, 2.45) is 23.2 Å². The number of halogens is 1. The van der Waals surface area contributed by atoms with E-state index in [1.807, 2.05) is 27.0 Å². The Morgan fingerprint density at radius 3 is 2.31 bits per heavy atom. The number of hydrogen-bond acceptors (Lipinski definition) is 2. The minimum Gasteiger partial charge on any atom is -0.351 e. The summed E-state index contributed by atoms with van der Waals surface area (Å²) in [4.78, 5) is 17.3. The highest BCUT2D eigenvalue weighted by Gasteiger charge is 2.49. The smallest absolute Gasteiger partial charge is 0.226 e. The van der Waals surface area contributed by atoms with Gasteiger partial charge in [-0.05, 0) is 100.0 Å². The van der Waals surface area contributed by atoms with Crippen LogP contribution in [0.4, 0.5) is 4.39 Å². The number of carbonyl (C=O) groups excluding carboxylic acids is 1. The summed E-state index contributed by atoms with van der Waals surface area (Å²) in [5.41, 5.74) is 1.56. The van der Waals surface area contributed by atoms with Crippen LogP contribution in [0.5, 0.6) is 0 Å². The first-order chi connectivity index (χ1) is 13.5. The Balaban J connectivity index is 1.48. The largest absolute Gasteiger partial charge is 0.351 e. The van der Waals surface area contributed by atoms with E-state index in [0.29, 0.717) is 23.7 Å². The normalized spacial score (nSPS) is 27.2. The van der Waals surface area contributed by atoms with Gasteiger partial charge in [-0.1, -0.05) is 13.8 Å². The van der Waals surface area contributed by atoms with Gasteiger partial charge in [0.25, 0.3) is 0 Å². The Morgan fingerprint density at radius 2 is 1.69 bits per heavy atom. The number of nitrogens with one attached hydrogen (secondary N) is 1. The Bertz CT molecular complexity index is 916. The average molecular weight is 397 g/mol. The monoisotopic (exact) mass is 396 g/mol. The average Bonchev–Trinajstić information content (AvgIpc) is 3.19. The molecule has 2 saturated carbocycles. The molecule has 1 heterocycles. The van der Waals surface area contributed by atoms with Gasteiger partial charge >= 0.3 is 0 Å². The SMILES string of the molecule is CC(C)(C)NC(=O)C(C)(C)[C@@H]1C[C@H]2C[C@@H](c3ccnc4ccc(F)cc34)C[C@H]2C1. The summed E-state index contributed by atoms with van der Waals surface area (Å²) >= 11 is 0. The zero-order valence-electron chi connectivity index (χ0n) is 18.3. The molecule has 1 aromatic heterocycles. The molecule has 0 saturated heterocycles. The van der Waals surface area contributed by atoms with Crippen molar-refractivity contribution in [3.05, 3.63) is 41.8 Å². The van der Waals surface area contributed by atoms with E-state index in [1.165, 1.54) is 11.6 Å². The van der Waals surface area contributed by atoms with Crippen molar-refractivity contribution in [3.8, 4) is 0 Å². The number of benzene rings is 1. The molecule has 0 aliphatic heterocycles. The molecule has 4 rings (SSSR count). The molecule has 2 aliphatic carbocycles. The third-order valence-electron chi connectivity index (χ3n) is 7.29. The Kier molecular flexibility index (Phi) is 4.95. The molecule has 2 aliphatic rings. The van der Waals surface area contributed by atoms with E-state index in [9.17, 15) is 9.18 Å². The van der Waals surface area contributed by atoms with Crippen LogP contribution < -0.4 is 5.32 Å². The molecule has 4 heteroatoms. The number of aromatic nitrogens is 1. The number of fused-ring (bicyclic) bond motifs is 2. The fourth-order valence-corrected chi connectivity index (χ4v) is 5.64. The number of rotatable bonds is 3. The Labute approximate surface area is 173 Å². The van der Waals surface area contributed by atoms with E-state index in [-0.39, 0.29) is 22.7 Å². The summed E-state index contributed by atoms with van der Waals surface area (Å²) in [5.74, 6) is 2.17. The van der Waals surface area contributed by atoms with Crippen molar-refractivity contribution < 1.29 is 9.18 Å². The molecule has 1 aromatic carbocycles. The number of amides is 1. The maximum atomic E-state index is 13.8. The van der Waals surface area contributed by atoms with Gasteiger partial charge in [-0.3, -0.25) is 9.78 Å². The molecule has 3 nitrogen and oxygen atoms in total. The highest BCUT2D eigenvalue weighted by molar-refractivity contribution is 5.83. The molecular weight excluding hydrogens is 363 g/mol. The lowest BCUT2D eigenvalue weighted by Gasteiger charge is -2.34. The molecule has 1 amide bonds. The predicted molar refractivity (Wildman–Crippen MR) is 115 cm³/mol. The first-order valence-electron chi connectivity index (χ1n) is 10.9. The van der Waals surface area contributed by atoms with Gasteiger partial charge in [-0.2, -0.15) is 0 Å². The van der Waals surface area contributed by atoms with Crippen LogP contribution in [0.25, 0.3) is 10.9 Å². The number of pyridine rings is 1. The van der Waals surface area contributed by atoms with Crippen molar-refractivity contribution in [2.45, 2.75) is 71.8 Å². The van der Waals surface area contributed by atoms with E-state index in [1.54, 1.807) is 12.1 Å². The van der Waals surface area contributed by atoms with Crippen LogP contribution in [0.15, 0.2) is 30.5 Å². The van der Waals surface area contributed by atoms with Gasteiger partial charge in [-0.15, -0.1) is 0 Å². The second kappa shape index (κ2) is 7.07. The number of carbonyl (C=O) groups is 1. The minimum atomic E-state index is -0.348. The molecule has 4 atom stereocenters. The van der Waals surface area contributed by atoms with Crippen LogP contribution in [0, 0.1) is 29.0 Å². The van der Waals surface area contributed by atoms with Gasteiger partial charge in [0.05, 0.1) is 5.52 Å². The molecule has 1 N–H and O–H groups in total. The summed E-state index contributed by atoms with van der Waals surface area (Å²) in [6.45, 7) is 10.3. The van der Waals surface area contributed by atoms with Crippen molar-refractivity contribution in [1.29, 1.82) is 0 Å². The first kappa shape index (κ1) is 20.3. The number of nitrogens with zero attached hydrogens (tertiary/aromatic N) is 1. The number of hydrogen-bond donors (Lipinski definition) is 1. The summed E-state index contributed by atoms with van der Waals surface area (Å²) < 4.78 is 13.8. The van der Waals surface area contributed by atoms with Gasteiger partial charge < -0.3 is 5.32 Å². The fraction of sp³-hybridized carbons (Fsp3) is 0.600. The van der Waals surface area contributed by atoms with E-state index >= 15 is 0 Å². The summed E-state index contributed by atoms with van der Waals surface area (Å²) in [6.07, 6.45) is 6.35. The molecule has 0 bridgehead atoms. The minimum absolute atomic E-state index is 0.169. The maximum absolute atomic E-state index is 13.8. The maximum Gasteiger partial charge on any atom is 0.226 e. The molecule has 0 radical (unpaired) electrons. The van der Waals surface area contributed by atoms with Gasteiger partial charge in [0, 0.05) is 22.5 Å². The van der Waals surface area contributed by atoms with Crippen LogP contribution in [0.3, 0.4) is 0 Å². The van der Waals surface area contributed by atoms with Gasteiger partial charge in [0.2, 0.25) is 5.91 Å². The highest BCUT2D eigenvalue weighted by Crippen LogP contribution is 2.56. The molecule has 29 heavy (non-hydrogen) atoms. The quantitative estimate of drug-likeness (QED) is 0.709. The second-order valence-corrected chi connectivity index (χ2v) is 10.8. The van der Waals surface area contributed by atoms with Gasteiger partial charge in [0.1, 0.15) is 5.82 Å². The van der Waals surface area contributed by atoms with Crippen LogP contribution in [-0.4, -0.2) is 16.4 Å². The first-order valence-corrected chi connectivity index (χ1v) is 10.9. The molecule has 2 aromatic rings. The lowest BCUT2D eigenvalue weighted by molar-refractivity contribution is -0.133. The highest BCUT2D eigenvalue weighted by atomic mass is 19.1. The molecule has 2 fully saturated rings. The van der Waals surface area contributed by atoms with Crippen LogP contribution in [-0.2, 0) is 4.79 Å². The summed E-state index contributed by atoms with van der Waals surface area (Å²) in [7, 11) is 0. The van der Waals surface area contributed by atoms with E-state index in [2.05, 4.69) is 30.2 Å². The third kappa shape index (κ3) is 3.91. The van der Waals surface area contributed by atoms with Crippen LogP contribution >= 0.6 is 0 Å². The van der Waals surface area contributed by atoms with Crippen LogP contribution in [0.2, 0.25) is 0 Å². The molecule has 0 unspecified atom stereocenters. The third-order valence-corrected chi connectivity index (χ3v) is 7.29. The fourth-order valence-electron chi connectivity index (χ4n) is 5.64. The standard InChI is InChI=1S/C25H33FN2O/c1-24(2,3)28-23(29)25(4,5)18-12-15-10-17(11-16(15)13-18)20-8-9-27-22-7-6-19(26)14-21(20)22/h6-9,14-18H,10-13H2,1-5H3,(H,28,29)/t15-,16+,17-,18-. The van der Waals surface area contributed by atoms with Crippen molar-refractivity contribution >= 4 is 16.8 Å². The van der Waals surface area contributed by atoms with Crippen LogP contribution in [0.1, 0.15) is 71.8 Å². The lowest BCUT2D eigenvalue weighted by Crippen LogP contribution is -2.49. The molecule has 156 valence electrons. The van der Waals surface area contributed by atoms with Crippen molar-refractivity contribution in [3.63, 3.8) is 0 Å². The molecule has 0 spiro atoms. The topological polar surface area (TPSA) is 42.0 Å². The second-order valence-electron chi connectivity index (χ2n) is 10.8. The zero-order chi connectivity index (χ0) is 21.0. The Hall–Kier alpha value is -1.97. The van der Waals surface area contributed by atoms with E-state index in [0.717, 1.165) is 36.6 Å².